The first-order valence-corrected chi connectivity index (χ1v) is 13.3. The van der Waals surface area contributed by atoms with Crippen molar-refractivity contribution in [1.82, 2.24) is 24.1 Å². The fourth-order valence-electron chi connectivity index (χ4n) is 4.96. The maximum absolute atomic E-state index is 11.4. The zero-order valence-corrected chi connectivity index (χ0v) is 20.2. The van der Waals surface area contributed by atoms with Gasteiger partial charge in [-0.15, -0.1) is 0 Å². The number of nitrogen functional groups attached to an aromatic ring is 1. The van der Waals surface area contributed by atoms with E-state index < -0.39 is 11.0 Å². The smallest absolute Gasteiger partial charge is 0.150 e. The summed E-state index contributed by atoms with van der Waals surface area (Å²) in [7, 11) is -0.983. The first-order valence-electron chi connectivity index (χ1n) is 11.7. The van der Waals surface area contributed by atoms with Crippen LogP contribution in [-0.2, 0) is 11.0 Å². The van der Waals surface area contributed by atoms with Crippen molar-refractivity contribution < 1.29 is 4.21 Å². The molecule has 0 spiro atoms. The fraction of sp³-hybridized carbons (Fsp3) is 0.222. The molecule has 0 radical (unpaired) electrons. The van der Waals surface area contributed by atoms with Crippen LogP contribution in [0.25, 0.3) is 38.9 Å². The molecule has 6 rings (SSSR count). The zero-order chi connectivity index (χ0) is 23.9. The number of aromatic nitrogens is 4. The lowest BCUT2D eigenvalue weighted by atomic mass is 9.74. The van der Waals surface area contributed by atoms with Crippen LogP contribution >= 0.6 is 0 Å². The van der Waals surface area contributed by atoms with Crippen molar-refractivity contribution in [2.24, 2.45) is 5.92 Å². The topological polar surface area (TPSA) is 98.2 Å². The Hall–Kier alpha value is -3.62. The van der Waals surface area contributed by atoms with Crippen molar-refractivity contribution >= 4 is 33.2 Å². The summed E-state index contributed by atoms with van der Waals surface area (Å²) in [4.78, 5) is 14.4. The molecular weight excluding hydrogens is 456 g/mol. The van der Waals surface area contributed by atoms with Gasteiger partial charge in [0, 0.05) is 47.6 Å². The molecule has 7 nitrogen and oxygen atoms in total. The third-order valence-corrected chi connectivity index (χ3v) is 7.39. The van der Waals surface area contributed by atoms with E-state index in [1.165, 1.54) is 0 Å². The van der Waals surface area contributed by atoms with E-state index in [-0.39, 0.29) is 0 Å². The number of imidazole rings is 1. The molecule has 0 bridgehead atoms. The van der Waals surface area contributed by atoms with Crippen molar-refractivity contribution in [1.29, 1.82) is 0 Å². The normalized spacial score (nSPS) is 18.5. The van der Waals surface area contributed by atoms with Crippen LogP contribution in [0.3, 0.4) is 0 Å². The van der Waals surface area contributed by atoms with Gasteiger partial charge in [-0.3, -0.25) is 4.40 Å². The first kappa shape index (κ1) is 21.9. The molecule has 3 heterocycles. The summed E-state index contributed by atoms with van der Waals surface area (Å²) in [5.41, 5.74) is 11.9. The molecule has 1 aliphatic carbocycles. The van der Waals surface area contributed by atoms with Crippen LogP contribution in [0.5, 0.6) is 0 Å². The number of hydrogen-bond acceptors (Lipinski definition) is 5. The number of nitrogens with zero attached hydrogens (tertiary/aromatic N) is 4. The van der Waals surface area contributed by atoms with E-state index in [4.69, 9.17) is 15.7 Å². The van der Waals surface area contributed by atoms with E-state index >= 15 is 0 Å². The molecule has 1 aliphatic rings. The van der Waals surface area contributed by atoms with Crippen LogP contribution in [0.4, 0.5) is 5.82 Å². The average molecular weight is 483 g/mol. The molecule has 5 aromatic rings. The van der Waals surface area contributed by atoms with Crippen LogP contribution in [0.15, 0.2) is 73.1 Å². The van der Waals surface area contributed by atoms with E-state index in [1.54, 1.807) is 12.5 Å². The largest absolute Gasteiger partial charge is 0.382 e. The number of benzene rings is 2. The highest BCUT2D eigenvalue weighted by Crippen LogP contribution is 2.43. The van der Waals surface area contributed by atoms with E-state index in [1.807, 2.05) is 24.4 Å². The second-order valence-electron chi connectivity index (χ2n) is 9.16. The molecule has 1 atom stereocenters. The van der Waals surface area contributed by atoms with Crippen molar-refractivity contribution in [2.45, 2.75) is 18.8 Å². The highest BCUT2D eigenvalue weighted by atomic mass is 32.2. The van der Waals surface area contributed by atoms with Crippen LogP contribution in [-0.4, -0.2) is 36.4 Å². The molecule has 3 aromatic heterocycles. The number of hydrogen-bond donors (Lipinski definition) is 2. The fourth-order valence-corrected chi connectivity index (χ4v) is 5.43. The summed E-state index contributed by atoms with van der Waals surface area (Å²) in [5, 5.41) is 1.07. The highest BCUT2D eigenvalue weighted by Gasteiger charge is 2.34. The van der Waals surface area contributed by atoms with Gasteiger partial charge in [0.05, 0.1) is 22.2 Å². The lowest BCUT2D eigenvalue weighted by Crippen LogP contribution is -2.33. The molecule has 3 N–H and O–H groups in total. The van der Waals surface area contributed by atoms with Gasteiger partial charge in [-0.05, 0) is 30.9 Å². The summed E-state index contributed by atoms with van der Waals surface area (Å²) >= 11 is 0. The predicted molar refractivity (Wildman–Crippen MR) is 141 cm³/mol. The van der Waals surface area contributed by atoms with Crippen LogP contribution in [0.2, 0.25) is 0 Å². The van der Waals surface area contributed by atoms with Gasteiger partial charge in [0.25, 0.3) is 0 Å². The van der Waals surface area contributed by atoms with Crippen LogP contribution in [0, 0.1) is 5.92 Å². The van der Waals surface area contributed by atoms with Crippen LogP contribution < -0.4 is 10.5 Å². The number of nitrogens with two attached hydrogens (primary N) is 1. The van der Waals surface area contributed by atoms with Gasteiger partial charge < -0.3 is 5.73 Å². The van der Waals surface area contributed by atoms with E-state index in [2.05, 4.69) is 56.6 Å². The Kier molecular flexibility index (Phi) is 5.54. The summed E-state index contributed by atoms with van der Waals surface area (Å²) in [6.07, 6.45) is 7.34. The standard InChI is InChI=1S/C27H26N6OS/c1-35(34)30-16-17-13-21(14-17)27-32-24(25-26(28)29-11-12-33(25)27)20-8-7-19-9-10-22(31-23(19)15-20)18-5-3-2-4-6-18/h2-12,15,17,21,30H,13-14,16H2,1H3,(H2,28,29). The molecule has 1 fully saturated rings. The van der Waals surface area contributed by atoms with Gasteiger partial charge in [0.2, 0.25) is 0 Å². The Labute approximate surface area is 206 Å². The molecule has 2 aromatic carbocycles. The first-order chi connectivity index (χ1) is 17.1. The monoisotopic (exact) mass is 482 g/mol. The van der Waals surface area contributed by atoms with Gasteiger partial charge in [0.1, 0.15) is 22.9 Å². The third kappa shape index (κ3) is 4.09. The SMILES string of the molecule is CS(=O)NCC1CC(c2nc(-c3ccc4ccc(-c5ccccc5)nc4c3)c3c(N)nccn23)C1. The highest BCUT2D eigenvalue weighted by molar-refractivity contribution is 7.82. The van der Waals surface area contributed by atoms with Gasteiger partial charge in [-0.25, -0.2) is 23.9 Å². The zero-order valence-electron chi connectivity index (χ0n) is 19.4. The lowest BCUT2D eigenvalue weighted by molar-refractivity contribution is 0.256. The van der Waals surface area contributed by atoms with Gasteiger partial charge >= 0.3 is 0 Å². The molecule has 0 aliphatic heterocycles. The number of rotatable bonds is 6. The minimum Gasteiger partial charge on any atom is -0.382 e. The van der Waals surface area contributed by atoms with Crippen molar-refractivity contribution in [2.75, 3.05) is 18.5 Å². The summed E-state index contributed by atoms with van der Waals surface area (Å²) < 4.78 is 16.5. The Balaban J connectivity index is 1.39. The second-order valence-corrected chi connectivity index (χ2v) is 10.4. The van der Waals surface area contributed by atoms with Crippen molar-refractivity contribution in [3.8, 4) is 22.5 Å². The van der Waals surface area contributed by atoms with E-state index in [0.717, 1.165) is 64.1 Å². The maximum atomic E-state index is 11.4. The van der Waals surface area contributed by atoms with Gasteiger partial charge in [-0.2, -0.15) is 0 Å². The number of anilines is 1. The Morgan fingerprint density at radius 1 is 1.06 bits per heavy atom. The Morgan fingerprint density at radius 2 is 1.86 bits per heavy atom. The molecular formula is C27H26N6OS. The molecule has 176 valence electrons. The number of pyridine rings is 1. The summed E-state index contributed by atoms with van der Waals surface area (Å²) in [5.74, 6) is 2.30. The quantitative estimate of drug-likeness (QED) is 0.369. The summed E-state index contributed by atoms with van der Waals surface area (Å²) in [6, 6.07) is 20.6. The number of nitrogens with one attached hydrogen (secondary N) is 1. The predicted octanol–water partition coefficient (Wildman–Crippen LogP) is 4.57. The molecule has 1 unspecified atom stereocenters. The minimum atomic E-state index is -0.983. The van der Waals surface area contributed by atoms with E-state index in [9.17, 15) is 4.21 Å². The van der Waals surface area contributed by atoms with Crippen molar-refractivity contribution in [3.63, 3.8) is 0 Å². The number of fused-ring (bicyclic) bond motifs is 2. The molecule has 8 heteroatoms. The Morgan fingerprint density at radius 3 is 2.66 bits per heavy atom. The summed E-state index contributed by atoms with van der Waals surface area (Å²) in [6.45, 7) is 0.763. The minimum absolute atomic E-state index is 0.332. The van der Waals surface area contributed by atoms with Gasteiger partial charge in [0.15, 0.2) is 0 Å². The molecule has 0 saturated heterocycles. The molecule has 35 heavy (non-hydrogen) atoms. The van der Waals surface area contributed by atoms with Gasteiger partial charge in [-0.1, -0.05) is 48.5 Å². The van der Waals surface area contributed by atoms with Crippen LogP contribution in [0.1, 0.15) is 24.6 Å². The molecule has 0 amide bonds. The average Bonchev–Trinajstić information content (AvgIpc) is 3.23. The Bertz CT molecular complexity index is 1560. The van der Waals surface area contributed by atoms with Crippen molar-refractivity contribution in [3.05, 3.63) is 78.9 Å². The maximum Gasteiger partial charge on any atom is 0.150 e. The van der Waals surface area contributed by atoms with E-state index in [0.29, 0.717) is 17.7 Å². The third-order valence-electron chi connectivity index (χ3n) is 6.82. The molecule has 1 saturated carbocycles. The second kappa shape index (κ2) is 8.87. The lowest BCUT2D eigenvalue weighted by Gasteiger charge is -2.34.